The van der Waals surface area contributed by atoms with Gasteiger partial charge < -0.3 is 10.2 Å². The van der Waals surface area contributed by atoms with Crippen LogP contribution >= 0.6 is 0 Å². The standard InChI is InChI=1S/C21H23FN6/c1-13-5-6-18-16(10-15(22)11-23-18)19-4-3-8-27(19)20-7-9-28-21(26-20)17(12-24-28)14(2)25-13/h7,9-13,19,25H,2-6,8H2,1H3/t13-,19-/m1/s1/i8D2. The predicted octanol–water partition coefficient (Wildman–Crippen LogP) is 3.50. The molecule has 2 atom stereocenters. The Labute approximate surface area is 165 Å². The van der Waals surface area contributed by atoms with Gasteiger partial charge in [-0.2, -0.15) is 5.10 Å². The maximum Gasteiger partial charge on any atom is 0.166 e. The van der Waals surface area contributed by atoms with Crippen LogP contribution in [0.3, 0.4) is 0 Å². The zero-order chi connectivity index (χ0) is 21.0. The summed E-state index contributed by atoms with van der Waals surface area (Å²) in [5.74, 6) is 0.0820. The molecular weight excluding hydrogens is 355 g/mol. The molecule has 144 valence electrons. The Morgan fingerprint density at radius 1 is 1.36 bits per heavy atom. The Morgan fingerprint density at radius 2 is 2.25 bits per heavy atom. The van der Waals surface area contributed by atoms with Crippen LogP contribution in [0.4, 0.5) is 10.2 Å². The molecule has 2 bridgehead atoms. The van der Waals surface area contributed by atoms with Gasteiger partial charge in [0.25, 0.3) is 0 Å². The Hall–Kier alpha value is -2.96. The lowest BCUT2D eigenvalue weighted by atomic mass is 9.98. The van der Waals surface area contributed by atoms with Crippen LogP contribution in [0.1, 0.15) is 51.8 Å². The summed E-state index contributed by atoms with van der Waals surface area (Å²) >= 11 is 0. The monoisotopic (exact) mass is 380 g/mol. The number of nitrogens with one attached hydrogen (secondary N) is 1. The molecule has 0 aliphatic carbocycles. The molecule has 7 heteroatoms. The summed E-state index contributed by atoms with van der Waals surface area (Å²) in [7, 11) is 0. The fourth-order valence-corrected chi connectivity index (χ4v) is 4.08. The van der Waals surface area contributed by atoms with Gasteiger partial charge >= 0.3 is 0 Å². The van der Waals surface area contributed by atoms with Gasteiger partial charge in [0.2, 0.25) is 0 Å². The van der Waals surface area contributed by atoms with Crippen LogP contribution in [-0.2, 0) is 6.42 Å². The highest BCUT2D eigenvalue weighted by Gasteiger charge is 2.30. The quantitative estimate of drug-likeness (QED) is 0.647. The highest BCUT2D eigenvalue weighted by atomic mass is 19.1. The smallest absolute Gasteiger partial charge is 0.166 e. The molecule has 2 aliphatic heterocycles. The first-order chi connectivity index (χ1) is 14.3. The molecule has 5 heterocycles. The van der Waals surface area contributed by atoms with E-state index in [2.05, 4.69) is 28.9 Å². The maximum atomic E-state index is 14.2. The summed E-state index contributed by atoms with van der Waals surface area (Å²) in [5, 5.41) is 7.76. The van der Waals surface area contributed by atoms with Gasteiger partial charge in [0.15, 0.2) is 5.65 Å². The minimum atomic E-state index is -1.61. The summed E-state index contributed by atoms with van der Waals surface area (Å²) in [6.07, 6.45) is 7.05. The van der Waals surface area contributed by atoms with Gasteiger partial charge in [-0.25, -0.2) is 13.9 Å². The molecule has 1 saturated heterocycles. The third-order valence-corrected chi connectivity index (χ3v) is 5.50. The first kappa shape index (κ1) is 15.0. The van der Waals surface area contributed by atoms with E-state index in [1.165, 1.54) is 12.3 Å². The first-order valence-corrected chi connectivity index (χ1v) is 9.57. The molecule has 6 nitrogen and oxygen atoms in total. The highest BCUT2D eigenvalue weighted by molar-refractivity contribution is 5.74. The van der Waals surface area contributed by atoms with Gasteiger partial charge in [0, 0.05) is 32.9 Å². The summed E-state index contributed by atoms with van der Waals surface area (Å²) in [6, 6.07) is 3.03. The Morgan fingerprint density at radius 3 is 3.14 bits per heavy atom. The zero-order valence-corrected chi connectivity index (χ0v) is 15.7. The van der Waals surface area contributed by atoms with Crippen molar-refractivity contribution in [1.29, 1.82) is 0 Å². The molecule has 0 aromatic carbocycles. The van der Waals surface area contributed by atoms with Crippen LogP contribution in [0.15, 0.2) is 37.3 Å². The van der Waals surface area contributed by atoms with E-state index >= 15 is 0 Å². The van der Waals surface area contributed by atoms with E-state index in [4.69, 9.17) is 7.73 Å². The average Bonchev–Trinajstić information content (AvgIpc) is 3.26. The van der Waals surface area contributed by atoms with E-state index in [1.54, 1.807) is 27.9 Å². The van der Waals surface area contributed by atoms with E-state index in [0.717, 1.165) is 28.9 Å². The third-order valence-electron chi connectivity index (χ3n) is 5.50. The molecule has 5 rings (SSSR count). The van der Waals surface area contributed by atoms with Crippen molar-refractivity contribution in [2.45, 2.75) is 44.7 Å². The molecule has 0 amide bonds. The Balaban J connectivity index is 1.74. The lowest BCUT2D eigenvalue weighted by Gasteiger charge is -2.27. The molecule has 2 aliphatic rings. The molecular formula is C21H23FN6. The van der Waals surface area contributed by atoms with Gasteiger partial charge in [0.05, 0.1) is 24.0 Å². The van der Waals surface area contributed by atoms with Crippen LogP contribution in [-0.4, -0.2) is 32.1 Å². The molecule has 0 saturated carbocycles. The van der Waals surface area contributed by atoms with Crippen LogP contribution in [0.2, 0.25) is 0 Å². The van der Waals surface area contributed by atoms with Gasteiger partial charge in [0.1, 0.15) is 11.6 Å². The number of aryl methyl sites for hydroxylation is 1. The lowest BCUT2D eigenvalue weighted by Crippen LogP contribution is -2.26. The van der Waals surface area contributed by atoms with Crippen molar-refractivity contribution in [3.05, 3.63) is 59.9 Å². The van der Waals surface area contributed by atoms with Crippen molar-refractivity contribution in [2.24, 2.45) is 0 Å². The molecule has 28 heavy (non-hydrogen) atoms. The molecule has 1 N–H and O–H groups in total. The van der Waals surface area contributed by atoms with E-state index in [9.17, 15) is 4.39 Å². The zero-order valence-electron chi connectivity index (χ0n) is 17.7. The second-order valence-electron chi connectivity index (χ2n) is 7.45. The van der Waals surface area contributed by atoms with E-state index in [0.29, 0.717) is 30.7 Å². The number of hydrogen-bond acceptors (Lipinski definition) is 5. The van der Waals surface area contributed by atoms with Crippen molar-refractivity contribution in [1.82, 2.24) is 24.9 Å². The fraction of sp³-hybridized carbons (Fsp3) is 0.381. The fourth-order valence-electron chi connectivity index (χ4n) is 4.08. The Bertz CT molecular complexity index is 1140. The van der Waals surface area contributed by atoms with Crippen LogP contribution in [0.5, 0.6) is 0 Å². The SMILES string of the molecule is [2H]C1([2H])CC[C@@H]2c3cc(F)cnc3CC[C@@H](C)NC(=C)c3cnn4ccc(nc34)N21. The Kier molecular flexibility index (Phi) is 3.53. The normalized spacial score (nSPS) is 25.1. The van der Waals surface area contributed by atoms with Crippen LogP contribution in [0, 0.1) is 5.82 Å². The van der Waals surface area contributed by atoms with Crippen molar-refractivity contribution >= 4 is 17.2 Å². The van der Waals surface area contributed by atoms with Crippen LogP contribution in [0.25, 0.3) is 11.3 Å². The van der Waals surface area contributed by atoms with E-state index in [1.807, 2.05) is 0 Å². The number of pyridine rings is 1. The first-order valence-electron chi connectivity index (χ1n) is 10.6. The van der Waals surface area contributed by atoms with Crippen molar-refractivity contribution in [3.8, 4) is 0 Å². The third kappa shape index (κ3) is 2.82. The molecule has 0 radical (unpaired) electrons. The molecule has 3 aromatic heterocycles. The number of anilines is 1. The minimum Gasteiger partial charge on any atom is -0.382 e. The van der Waals surface area contributed by atoms with E-state index < -0.39 is 12.3 Å². The summed E-state index contributed by atoms with van der Waals surface area (Å²) in [5.41, 5.74) is 3.63. The van der Waals surface area contributed by atoms with Gasteiger partial charge in [-0.3, -0.25) is 4.98 Å². The van der Waals surface area contributed by atoms with Crippen molar-refractivity contribution < 1.29 is 7.13 Å². The van der Waals surface area contributed by atoms with Crippen LogP contribution < -0.4 is 10.2 Å². The molecule has 3 aromatic rings. The minimum absolute atomic E-state index is 0.113. The number of aromatic nitrogens is 4. The number of halogens is 1. The van der Waals surface area contributed by atoms with E-state index in [-0.39, 0.29) is 12.1 Å². The van der Waals surface area contributed by atoms with Gasteiger partial charge in [-0.15, -0.1) is 0 Å². The van der Waals surface area contributed by atoms with Crippen molar-refractivity contribution in [2.75, 3.05) is 11.4 Å². The second kappa shape index (κ2) is 6.58. The molecule has 0 spiro atoms. The van der Waals surface area contributed by atoms with Gasteiger partial charge in [-0.05, 0) is 50.3 Å². The summed E-state index contributed by atoms with van der Waals surface area (Å²) in [4.78, 5) is 10.8. The summed E-state index contributed by atoms with van der Waals surface area (Å²) in [6.45, 7) is 4.62. The van der Waals surface area contributed by atoms with Crippen molar-refractivity contribution in [3.63, 3.8) is 0 Å². The number of rotatable bonds is 0. The molecule has 1 fully saturated rings. The predicted molar refractivity (Wildman–Crippen MR) is 106 cm³/mol. The number of fused-ring (bicyclic) bond motifs is 5. The number of hydrogen-bond donors (Lipinski definition) is 1. The average molecular weight is 380 g/mol. The molecule has 0 unspecified atom stereocenters. The largest absolute Gasteiger partial charge is 0.382 e. The van der Waals surface area contributed by atoms with Gasteiger partial charge in [-0.1, -0.05) is 6.58 Å². The summed E-state index contributed by atoms with van der Waals surface area (Å²) < 4.78 is 33.1. The number of nitrogens with zero attached hydrogens (tertiary/aromatic N) is 5. The lowest BCUT2D eigenvalue weighted by molar-refractivity contribution is 0.575. The highest BCUT2D eigenvalue weighted by Crippen LogP contribution is 2.37. The topological polar surface area (TPSA) is 58.4 Å². The second-order valence-corrected chi connectivity index (χ2v) is 7.45. The maximum absolute atomic E-state index is 14.2.